The average molecular weight is 300 g/mol. The minimum Gasteiger partial charge on any atom is -0.480 e. The first-order valence-corrected chi connectivity index (χ1v) is 7.12. The summed E-state index contributed by atoms with van der Waals surface area (Å²) in [6.45, 7) is 0. The molecule has 0 fully saturated rings. The zero-order chi connectivity index (χ0) is 15.8. The molecule has 5 heteroatoms. The van der Waals surface area contributed by atoms with E-state index in [9.17, 15) is 5.26 Å². The van der Waals surface area contributed by atoms with Crippen LogP contribution in [0.3, 0.4) is 0 Å². The molecule has 0 saturated heterocycles. The quantitative estimate of drug-likeness (QED) is 0.613. The van der Waals surface area contributed by atoms with Gasteiger partial charge in [0.15, 0.2) is 0 Å². The van der Waals surface area contributed by atoms with Crippen LogP contribution in [0.5, 0.6) is 5.88 Å². The van der Waals surface area contributed by atoms with Crippen molar-refractivity contribution in [3.63, 3.8) is 0 Å². The van der Waals surface area contributed by atoms with Crippen LogP contribution in [0.25, 0.3) is 33.1 Å². The summed E-state index contributed by atoms with van der Waals surface area (Å²) in [6, 6.07) is 13.9. The third kappa shape index (κ3) is 1.93. The Bertz CT molecular complexity index is 1060. The van der Waals surface area contributed by atoms with Crippen molar-refractivity contribution >= 4 is 21.9 Å². The van der Waals surface area contributed by atoms with E-state index in [2.05, 4.69) is 21.0 Å². The number of aromatic nitrogens is 3. The lowest BCUT2D eigenvalue weighted by molar-refractivity contribution is 0.398. The molecule has 23 heavy (non-hydrogen) atoms. The summed E-state index contributed by atoms with van der Waals surface area (Å²) in [4.78, 5) is 12.0. The first-order valence-electron chi connectivity index (χ1n) is 7.12. The highest BCUT2D eigenvalue weighted by atomic mass is 16.5. The number of nitrogens with zero attached hydrogens (tertiary/aromatic N) is 3. The fraction of sp³-hybridized carbons (Fsp3) is 0.0556. The van der Waals surface area contributed by atoms with Crippen molar-refractivity contribution < 1.29 is 4.74 Å². The number of para-hydroxylation sites is 1. The maximum Gasteiger partial charge on any atom is 0.232 e. The maximum absolute atomic E-state index is 9.63. The van der Waals surface area contributed by atoms with Gasteiger partial charge in [0.05, 0.1) is 12.6 Å². The van der Waals surface area contributed by atoms with Crippen LogP contribution in [0.4, 0.5) is 0 Å². The smallest absolute Gasteiger partial charge is 0.232 e. The molecule has 0 atom stereocenters. The zero-order valence-corrected chi connectivity index (χ0v) is 12.4. The summed E-state index contributed by atoms with van der Waals surface area (Å²) in [7, 11) is 1.53. The fourth-order valence-electron chi connectivity index (χ4n) is 2.87. The first kappa shape index (κ1) is 13.3. The summed E-state index contributed by atoms with van der Waals surface area (Å²) in [6.07, 6.45) is 3.41. The zero-order valence-electron chi connectivity index (χ0n) is 12.4. The molecule has 0 saturated carbocycles. The van der Waals surface area contributed by atoms with Gasteiger partial charge < -0.3 is 9.72 Å². The minimum atomic E-state index is 0.330. The third-order valence-electron chi connectivity index (χ3n) is 3.88. The Balaban J connectivity index is 2.23. The van der Waals surface area contributed by atoms with E-state index in [4.69, 9.17) is 4.74 Å². The van der Waals surface area contributed by atoms with Crippen LogP contribution in [0.15, 0.2) is 48.8 Å². The van der Waals surface area contributed by atoms with Crippen LogP contribution in [0, 0.1) is 11.3 Å². The van der Waals surface area contributed by atoms with Crippen molar-refractivity contribution in [3.8, 4) is 23.1 Å². The monoisotopic (exact) mass is 300 g/mol. The minimum absolute atomic E-state index is 0.330. The Labute approximate surface area is 132 Å². The van der Waals surface area contributed by atoms with Gasteiger partial charge in [-0.1, -0.05) is 18.2 Å². The average Bonchev–Trinajstić information content (AvgIpc) is 2.98. The van der Waals surface area contributed by atoms with Crippen molar-refractivity contribution in [1.29, 1.82) is 5.26 Å². The van der Waals surface area contributed by atoms with Crippen LogP contribution in [-0.4, -0.2) is 22.1 Å². The van der Waals surface area contributed by atoms with Crippen LogP contribution in [0.2, 0.25) is 0 Å². The van der Waals surface area contributed by atoms with Crippen LogP contribution >= 0.6 is 0 Å². The van der Waals surface area contributed by atoms with Gasteiger partial charge in [0.1, 0.15) is 17.1 Å². The number of aromatic amines is 1. The second kappa shape index (κ2) is 5.11. The van der Waals surface area contributed by atoms with E-state index in [0.717, 1.165) is 33.1 Å². The van der Waals surface area contributed by atoms with Gasteiger partial charge >= 0.3 is 0 Å². The maximum atomic E-state index is 9.63. The Morgan fingerprint density at radius 3 is 2.65 bits per heavy atom. The van der Waals surface area contributed by atoms with Gasteiger partial charge in [-0.15, -0.1) is 0 Å². The summed E-state index contributed by atoms with van der Waals surface area (Å²) in [5, 5.41) is 10.6. The second-order valence-corrected chi connectivity index (χ2v) is 5.11. The Hall–Kier alpha value is -3.39. The largest absolute Gasteiger partial charge is 0.480 e. The number of hydrogen-bond acceptors (Lipinski definition) is 4. The van der Waals surface area contributed by atoms with Crippen molar-refractivity contribution in [3.05, 3.63) is 54.4 Å². The molecule has 0 aliphatic carbocycles. The SMILES string of the molecule is COc1nc2c([nH]c3ccccc32)c(-c2ccncc2)c1C#N. The van der Waals surface area contributed by atoms with Crippen molar-refractivity contribution in [2.75, 3.05) is 7.11 Å². The van der Waals surface area contributed by atoms with E-state index in [-0.39, 0.29) is 0 Å². The lowest BCUT2D eigenvalue weighted by Gasteiger charge is -2.09. The van der Waals surface area contributed by atoms with E-state index in [1.165, 1.54) is 7.11 Å². The Kier molecular flexibility index (Phi) is 2.95. The molecule has 4 rings (SSSR count). The molecule has 0 unspecified atom stereocenters. The van der Waals surface area contributed by atoms with E-state index in [1.54, 1.807) is 12.4 Å². The number of nitriles is 1. The summed E-state index contributed by atoms with van der Waals surface area (Å²) >= 11 is 0. The highest BCUT2D eigenvalue weighted by molar-refractivity contribution is 6.11. The van der Waals surface area contributed by atoms with Gasteiger partial charge in [0.25, 0.3) is 0 Å². The fourth-order valence-corrected chi connectivity index (χ4v) is 2.87. The van der Waals surface area contributed by atoms with Gasteiger partial charge in [0, 0.05) is 28.9 Å². The van der Waals surface area contributed by atoms with E-state index >= 15 is 0 Å². The number of rotatable bonds is 2. The number of ether oxygens (including phenoxy) is 1. The van der Waals surface area contributed by atoms with Gasteiger partial charge in [-0.3, -0.25) is 4.98 Å². The number of benzene rings is 1. The Morgan fingerprint density at radius 2 is 1.91 bits per heavy atom. The van der Waals surface area contributed by atoms with E-state index < -0.39 is 0 Å². The predicted octanol–water partition coefficient (Wildman–Crippen LogP) is 3.66. The summed E-state index contributed by atoms with van der Waals surface area (Å²) < 4.78 is 5.36. The molecule has 0 bridgehead atoms. The molecule has 110 valence electrons. The highest BCUT2D eigenvalue weighted by Crippen LogP contribution is 2.37. The number of methoxy groups -OCH3 is 1. The number of nitrogens with one attached hydrogen (secondary N) is 1. The Morgan fingerprint density at radius 1 is 1.13 bits per heavy atom. The van der Waals surface area contributed by atoms with Crippen molar-refractivity contribution in [2.45, 2.75) is 0 Å². The summed E-state index contributed by atoms with van der Waals surface area (Å²) in [5.41, 5.74) is 4.69. The molecule has 1 aromatic carbocycles. The molecule has 0 amide bonds. The van der Waals surface area contributed by atoms with E-state index in [0.29, 0.717) is 11.4 Å². The molecule has 0 aliphatic heterocycles. The molecular formula is C18H12N4O. The first-order chi connectivity index (χ1) is 11.3. The third-order valence-corrected chi connectivity index (χ3v) is 3.88. The lowest BCUT2D eigenvalue weighted by atomic mass is 10.0. The van der Waals surface area contributed by atoms with Gasteiger partial charge in [-0.25, -0.2) is 4.98 Å². The molecule has 0 spiro atoms. The molecule has 0 aliphatic rings. The van der Waals surface area contributed by atoms with Crippen molar-refractivity contribution in [1.82, 2.24) is 15.0 Å². The lowest BCUT2D eigenvalue weighted by Crippen LogP contribution is -1.96. The highest BCUT2D eigenvalue weighted by Gasteiger charge is 2.20. The number of fused-ring (bicyclic) bond motifs is 3. The van der Waals surface area contributed by atoms with Gasteiger partial charge in [-0.2, -0.15) is 5.26 Å². The molecule has 1 N–H and O–H groups in total. The topological polar surface area (TPSA) is 74.6 Å². The standard InChI is InChI=1S/C18H12N4O/c1-23-18-13(10-19)15(11-6-8-20-9-7-11)17-16(22-18)12-4-2-3-5-14(12)21-17/h2-9,21H,1H3. The van der Waals surface area contributed by atoms with Crippen LogP contribution < -0.4 is 4.74 Å². The number of H-pyrrole nitrogens is 1. The van der Waals surface area contributed by atoms with Crippen LogP contribution in [0.1, 0.15) is 5.56 Å². The van der Waals surface area contributed by atoms with Crippen LogP contribution in [-0.2, 0) is 0 Å². The molecule has 4 aromatic rings. The molecule has 3 aromatic heterocycles. The molecule has 0 radical (unpaired) electrons. The van der Waals surface area contributed by atoms with Gasteiger partial charge in [-0.05, 0) is 23.8 Å². The number of pyridine rings is 2. The van der Waals surface area contributed by atoms with E-state index in [1.807, 2.05) is 36.4 Å². The second-order valence-electron chi connectivity index (χ2n) is 5.11. The summed E-state index contributed by atoms with van der Waals surface area (Å²) in [5.74, 6) is 0.330. The van der Waals surface area contributed by atoms with Crippen molar-refractivity contribution in [2.24, 2.45) is 0 Å². The normalized spacial score (nSPS) is 10.8. The molecule has 3 heterocycles. The predicted molar refractivity (Wildman–Crippen MR) is 88.1 cm³/mol. The molecular weight excluding hydrogens is 288 g/mol. The number of hydrogen-bond donors (Lipinski definition) is 1. The van der Waals surface area contributed by atoms with Gasteiger partial charge in [0.2, 0.25) is 5.88 Å². The molecule has 5 nitrogen and oxygen atoms in total.